The molecular formula is C10H7BrClFN2OS. The van der Waals surface area contributed by atoms with Crippen molar-refractivity contribution < 1.29 is 9.18 Å². The number of hydrogen-bond acceptors (Lipinski definition) is 3. The summed E-state index contributed by atoms with van der Waals surface area (Å²) >= 11 is 10.5. The zero-order valence-corrected chi connectivity index (χ0v) is 11.5. The quantitative estimate of drug-likeness (QED) is 0.666. The third-order valence-corrected chi connectivity index (χ3v) is 4.33. The Hall–Kier alpha value is -0.720. The molecule has 0 radical (unpaired) electrons. The van der Waals surface area contributed by atoms with Crippen molar-refractivity contribution in [1.82, 2.24) is 0 Å². The lowest BCUT2D eigenvalue weighted by molar-refractivity contribution is -0.114. The van der Waals surface area contributed by atoms with Gasteiger partial charge in [0.25, 0.3) is 5.91 Å². The Kier molecular flexibility index (Phi) is 3.65. The van der Waals surface area contributed by atoms with Gasteiger partial charge in [0.15, 0.2) is 0 Å². The summed E-state index contributed by atoms with van der Waals surface area (Å²) < 4.78 is 12.9. The number of carbonyl (C=O) groups is 1. The first-order valence-electron chi connectivity index (χ1n) is 4.54. The number of hydrogen-bond donors (Lipinski definition) is 1. The van der Waals surface area contributed by atoms with Crippen molar-refractivity contribution in [1.29, 1.82) is 0 Å². The third-order valence-electron chi connectivity index (χ3n) is 2.19. The smallest absolute Gasteiger partial charge is 0.265 e. The molecule has 0 aliphatic carbocycles. The van der Waals surface area contributed by atoms with Crippen LogP contribution in [0.4, 0.5) is 10.1 Å². The highest BCUT2D eigenvalue weighted by Crippen LogP contribution is 2.39. The van der Waals surface area contributed by atoms with Gasteiger partial charge in [-0.05, 0) is 18.2 Å². The number of amides is 1. The summed E-state index contributed by atoms with van der Waals surface area (Å²) in [5.74, 6) is -1.04. The van der Waals surface area contributed by atoms with Crippen molar-refractivity contribution >= 4 is 50.9 Å². The second kappa shape index (κ2) is 4.88. The number of halogens is 3. The Bertz CT molecular complexity index is 511. The lowest BCUT2D eigenvalue weighted by atomic mass is 10.2. The van der Waals surface area contributed by atoms with E-state index in [1.807, 2.05) is 0 Å². The van der Waals surface area contributed by atoms with E-state index in [-0.39, 0.29) is 9.31 Å². The lowest BCUT2D eigenvalue weighted by Gasteiger charge is -2.24. The van der Waals surface area contributed by atoms with E-state index in [0.717, 1.165) is 0 Å². The van der Waals surface area contributed by atoms with Crippen molar-refractivity contribution in [2.24, 2.45) is 5.73 Å². The van der Waals surface area contributed by atoms with Crippen LogP contribution in [0.1, 0.15) is 0 Å². The molecule has 1 aromatic carbocycles. The Labute approximate surface area is 115 Å². The molecule has 2 rings (SSSR count). The molecule has 17 heavy (non-hydrogen) atoms. The number of alkyl halides is 1. The molecule has 1 aliphatic rings. The monoisotopic (exact) mass is 336 g/mol. The number of benzene rings is 1. The maximum Gasteiger partial charge on any atom is 0.265 e. The van der Waals surface area contributed by atoms with Crippen LogP contribution >= 0.6 is 39.3 Å². The first-order valence-corrected chi connectivity index (χ1v) is 6.78. The van der Waals surface area contributed by atoms with Crippen LogP contribution in [0.5, 0.6) is 0 Å². The molecule has 1 atom stereocenters. The molecule has 3 nitrogen and oxygen atoms in total. The van der Waals surface area contributed by atoms with Crippen LogP contribution < -0.4 is 10.6 Å². The number of thioether (sulfide) groups is 1. The number of nitrogens with zero attached hydrogens (tertiary/aromatic N) is 1. The summed E-state index contributed by atoms with van der Waals surface area (Å²) in [6.07, 6.45) is 0. The standard InChI is InChI=1S/C10H7BrClFN2OS/c11-10-15(8(4-17-10)9(14)16)5-1-2-7(13)6(12)3-5/h1-4,10H,(H2,14,16). The van der Waals surface area contributed by atoms with Gasteiger partial charge in [0, 0.05) is 11.1 Å². The molecule has 1 amide bonds. The number of rotatable bonds is 2. The van der Waals surface area contributed by atoms with Crippen LogP contribution in [0.2, 0.25) is 5.02 Å². The third kappa shape index (κ3) is 2.43. The molecule has 1 aromatic rings. The molecule has 7 heteroatoms. The van der Waals surface area contributed by atoms with Crippen LogP contribution in [0.3, 0.4) is 0 Å². The predicted octanol–water partition coefficient (Wildman–Crippen LogP) is 3.04. The van der Waals surface area contributed by atoms with E-state index in [4.69, 9.17) is 17.3 Å². The van der Waals surface area contributed by atoms with Crippen LogP contribution in [0, 0.1) is 5.82 Å². The Morgan fingerprint density at radius 3 is 2.88 bits per heavy atom. The fourth-order valence-electron chi connectivity index (χ4n) is 1.42. The summed E-state index contributed by atoms with van der Waals surface area (Å²) in [7, 11) is 0. The first-order chi connectivity index (χ1) is 8.00. The topological polar surface area (TPSA) is 46.3 Å². The van der Waals surface area contributed by atoms with Crippen molar-refractivity contribution in [3.63, 3.8) is 0 Å². The van der Waals surface area contributed by atoms with Crippen molar-refractivity contribution in [3.8, 4) is 0 Å². The minimum absolute atomic E-state index is 0.00270. The Morgan fingerprint density at radius 2 is 2.29 bits per heavy atom. The number of carbonyl (C=O) groups excluding carboxylic acids is 1. The van der Waals surface area contributed by atoms with Gasteiger partial charge >= 0.3 is 0 Å². The highest BCUT2D eigenvalue weighted by Gasteiger charge is 2.29. The molecule has 0 aromatic heterocycles. The number of primary amides is 1. The molecule has 0 bridgehead atoms. The summed E-state index contributed by atoms with van der Waals surface area (Å²) in [6.45, 7) is 0. The molecule has 0 fully saturated rings. The van der Waals surface area contributed by atoms with E-state index in [0.29, 0.717) is 11.4 Å². The van der Waals surface area contributed by atoms with E-state index in [1.165, 1.54) is 30.0 Å². The Morgan fingerprint density at radius 1 is 1.59 bits per heavy atom. The summed E-state index contributed by atoms with van der Waals surface area (Å²) in [5, 5.41) is 1.65. The van der Waals surface area contributed by atoms with E-state index in [1.54, 1.807) is 10.3 Å². The minimum Gasteiger partial charge on any atom is -0.364 e. The van der Waals surface area contributed by atoms with Gasteiger partial charge in [0.05, 0.1) is 5.02 Å². The van der Waals surface area contributed by atoms with Crippen molar-refractivity contribution in [2.45, 2.75) is 4.28 Å². The Balaban J connectivity index is 2.41. The molecule has 0 saturated carbocycles. The molecular weight excluding hydrogens is 331 g/mol. The number of nitrogens with two attached hydrogens (primary N) is 1. The average molecular weight is 338 g/mol. The second-order valence-electron chi connectivity index (χ2n) is 3.26. The highest BCUT2D eigenvalue weighted by molar-refractivity contribution is 9.11. The fourth-order valence-corrected chi connectivity index (χ4v) is 3.20. The average Bonchev–Trinajstić information content (AvgIpc) is 2.64. The van der Waals surface area contributed by atoms with Gasteiger partial charge in [-0.2, -0.15) is 0 Å². The zero-order chi connectivity index (χ0) is 12.6. The summed E-state index contributed by atoms with van der Waals surface area (Å²) in [6, 6.07) is 4.24. The molecule has 1 aliphatic heterocycles. The maximum absolute atomic E-state index is 13.1. The predicted molar refractivity (Wildman–Crippen MR) is 71.5 cm³/mol. The molecule has 1 unspecified atom stereocenters. The molecule has 0 saturated heterocycles. The lowest BCUT2D eigenvalue weighted by Crippen LogP contribution is -2.31. The summed E-state index contributed by atoms with van der Waals surface area (Å²) in [4.78, 5) is 12.9. The first kappa shape index (κ1) is 12.7. The van der Waals surface area contributed by atoms with Crippen LogP contribution in [0.25, 0.3) is 0 Å². The van der Waals surface area contributed by atoms with Gasteiger partial charge in [0.1, 0.15) is 15.8 Å². The molecule has 90 valence electrons. The zero-order valence-electron chi connectivity index (χ0n) is 8.36. The molecule has 0 spiro atoms. The second-order valence-corrected chi connectivity index (χ2v) is 6.10. The molecule has 2 N–H and O–H groups in total. The van der Waals surface area contributed by atoms with Crippen LogP contribution in [-0.4, -0.2) is 10.2 Å². The maximum atomic E-state index is 13.1. The normalized spacial score (nSPS) is 19.4. The van der Waals surface area contributed by atoms with Crippen molar-refractivity contribution in [2.75, 3.05) is 4.90 Å². The van der Waals surface area contributed by atoms with Gasteiger partial charge in [-0.1, -0.05) is 39.3 Å². The van der Waals surface area contributed by atoms with Crippen LogP contribution in [0.15, 0.2) is 29.3 Å². The van der Waals surface area contributed by atoms with Crippen LogP contribution in [-0.2, 0) is 4.79 Å². The molecule has 1 heterocycles. The van der Waals surface area contributed by atoms with Gasteiger partial charge in [0.2, 0.25) is 0 Å². The number of anilines is 1. The van der Waals surface area contributed by atoms with Crippen molar-refractivity contribution in [3.05, 3.63) is 40.1 Å². The van der Waals surface area contributed by atoms with E-state index in [9.17, 15) is 9.18 Å². The van der Waals surface area contributed by atoms with E-state index < -0.39 is 11.7 Å². The van der Waals surface area contributed by atoms with E-state index >= 15 is 0 Å². The van der Waals surface area contributed by atoms with Gasteiger partial charge in [-0.3, -0.25) is 4.79 Å². The van der Waals surface area contributed by atoms with Gasteiger partial charge in [-0.15, -0.1) is 0 Å². The largest absolute Gasteiger partial charge is 0.364 e. The fraction of sp³-hybridized carbons (Fsp3) is 0.100. The van der Waals surface area contributed by atoms with E-state index in [2.05, 4.69) is 15.9 Å². The van der Waals surface area contributed by atoms with Gasteiger partial charge < -0.3 is 10.6 Å². The SMILES string of the molecule is NC(=O)C1=CSC(Br)N1c1ccc(F)c(Cl)c1. The summed E-state index contributed by atoms with van der Waals surface area (Å²) in [5.41, 5.74) is 6.22. The minimum atomic E-state index is -0.542. The van der Waals surface area contributed by atoms with Gasteiger partial charge in [-0.25, -0.2) is 4.39 Å². The highest BCUT2D eigenvalue weighted by atomic mass is 79.9.